The van der Waals surface area contributed by atoms with E-state index in [9.17, 15) is 18.8 Å². The first kappa shape index (κ1) is 21.9. The highest BCUT2D eigenvalue weighted by Crippen LogP contribution is 2.16. The van der Waals surface area contributed by atoms with E-state index in [4.69, 9.17) is 4.74 Å². The third-order valence-corrected chi connectivity index (χ3v) is 5.03. The summed E-state index contributed by atoms with van der Waals surface area (Å²) in [5.74, 6) is -1.55. The summed E-state index contributed by atoms with van der Waals surface area (Å²) in [5.41, 5.74) is 0.699. The van der Waals surface area contributed by atoms with E-state index in [-0.39, 0.29) is 18.7 Å². The van der Waals surface area contributed by atoms with Crippen LogP contribution in [-0.2, 0) is 11.3 Å². The van der Waals surface area contributed by atoms with Crippen molar-refractivity contribution in [2.24, 2.45) is 0 Å². The van der Waals surface area contributed by atoms with Crippen LogP contribution in [0, 0.1) is 5.82 Å². The molecular weight excluding hydrogens is 425 g/mol. The SMILES string of the molecule is CCOC(=O)c1ccc(NC(=O)c2cc3cccnc3n(Cc3ccccc3F)c2=O)cc1. The molecule has 0 aliphatic carbocycles. The van der Waals surface area contributed by atoms with Crippen molar-refractivity contribution in [3.63, 3.8) is 0 Å². The molecule has 2 heterocycles. The maximum Gasteiger partial charge on any atom is 0.338 e. The normalized spacial score (nSPS) is 10.7. The van der Waals surface area contributed by atoms with Crippen LogP contribution in [0.3, 0.4) is 0 Å². The molecule has 0 atom stereocenters. The molecule has 0 aliphatic rings. The van der Waals surface area contributed by atoms with Crippen LogP contribution in [0.2, 0.25) is 0 Å². The van der Waals surface area contributed by atoms with Gasteiger partial charge in [-0.15, -0.1) is 0 Å². The van der Waals surface area contributed by atoms with Crippen LogP contribution < -0.4 is 10.9 Å². The molecule has 4 aromatic rings. The van der Waals surface area contributed by atoms with Crippen molar-refractivity contribution in [3.05, 3.63) is 106 Å². The van der Waals surface area contributed by atoms with E-state index < -0.39 is 23.3 Å². The standard InChI is InChI=1S/C25H20FN3O4/c1-2-33-25(32)16-9-11-19(12-10-16)28-23(30)20-14-17-7-5-13-27-22(17)29(24(20)31)15-18-6-3-4-8-21(18)26/h3-14H,2,15H2,1H3,(H,28,30). The molecule has 0 spiro atoms. The van der Waals surface area contributed by atoms with Crippen LogP contribution >= 0.6 is 0 Å². The lowest BCUT2D eigenvalue weighted by Crippen LogP contribution is -2.30. The van der Waals surface area contributed by atoms with Gasteiger partial charge in [-0.1, -0.05) is 18.2 Å². The molecule has 33 heavy (non-hydrogen) atoms. The molecule has 7 nitrogen and oxygen atoms in total. The van der Waals surface area contributed by atoms with Gasteiger partial charge in [0.1, 0.15) is 17.0 Å². The number of carbonyl (C=O) groups is 2. The summed E-state index contributed by atoms with van der Waals surface area (Å²) in [6, 6.07) is 17.1. The van der Waals surface area contributed by atoms with Crippen molar-refractivity contribution < 1.29 is 18.7 Å². The second-order valence-electron chi connectivity index (χ2n) is 7.21. The molecule has 0 unspecified atom stereocenters. The van der Waals surface area contributed by atoms with E-state index in [1.54, 1.807) is 49.4 Å². The fraction of sp³-hybridized carbons (Fsp3) is 0.120. The van der Waals surface area contributed by atoms with Gasteiger partial charge in [0.25, 0.3) is 11.5 Å². The monoisotopic (exact) mass is 445 g/mol. The molecule has 0 fully saturated rings. The number of amides is 1. The van der Waals surface area contributed by atoms with Crippen LogP contribution in [0.25, 0.3) is 11.0 Å². The molecular formula is C25H20FN3O4. The maximum absolute atomic E-state index is 14.2. The van der Waals surface area contributed by atoms with Crippen LogP contribution in [-0.4, -0.2) is 28.0 Å². The number of carbonyl (C=O) groups excluding carboxylic acids is 2. The molecule has 2 aromatic heterocycles. The number of rotatable bonds is 6. The van der Waals surface area contributed by atoms with Gasteiger partial charge in [-0.25, -0.2) is 14.2 Å². The van der Waals surface area contributed by atoms with E-state index in [2.05, 4.69) is 10.3 Å². The summed E-state index contributed by atoms with van der Waals surface area (Å²) < 4.78 is 20.5. The number of pyridine rings is 2. The zero-order chi connectivity index (χ0) is 23.4. The molecule has 1 amide bonds. The Bertz CT molecular complexity index is 1400. The van der Waals surface area contributed by atoms with Gasteiger partial charge in [-0.2, -0.15) is 0 Å². The van der Waals surface area contributed by atoms with Gasteiger partial charge in [-0.05, 0) is 55.5 Å². The van der Waals surface area contributed by atoms with Crippen molar-refractivity contribution in [1.82, 2.24) is 9.55 Å². The average molecular weight is 445 g/mol. The van der Waals surface area contributed by atoms with Crippen molar-refractivity contribution in [2.45, 2.75) is 13.5 Å². The van der Waals surface area contributed by atoms with Crippen LogP contribution in [0.4, 0.5) is 10.1 Å². The molecule has 166 valence electrons. The van der Waals surface area contributed by atoms with Crippen molar-refractivity contribution in [1.29, 1.82) is 0 Å². The van der Waals surface area contributed by atoms with Crippen molar-refractivity contribution >= 4 is 28.6 Å². The van der Waals surface area contributed by atoms with E-state index in [1.807, 2.05) is 0 Å². The first-order chi connectivity index (χ1) is 16.0. The first-order valence-corrected chi connectivity index (χ1v) is 10.3. The Hall–Kier alpha value is -4.33. The van der Waals surface area contributed by atoms with Crippen LogP contribution in [0.5, 0.6) is 0 Å². The molecule has 2 aromatic carbocycles. The van der Waals surface area contributed by atoms with E-state index in [0.29, 0.717) is 27.8 Å². The van der Waals surface area contributed by atoms with Gasteiger partial charge in [0, 0.05) is 22.8 Å². The number of anilines is 1. The lowest BCUT2D eigenvalue weighted by molar-refractivity contribution is 0.0526. The molecule has 8 heteroatoms. The zero-order valence-corrected chi connectivity index (χ0v) is 17.7. The molecule has 0 saturated heterocycles. The summed E-state index contributed by atoms with van der Waals surface area (Å²) in [6.07, 6.45) is 1.53. The maximum atomic E-state index is 14.2. The predicted molar refractivity (Wildman–Crippen MR) is 122 cm³/mol. The summed E-state index contributed by atoms with van der Waals surface area (Å²) >= 11 is 0. The Morgan fingerprint density at radius 3 is 2.55 bits per heavy atom. The Kier molecular flexibility index (Phi) is 6.26. The predicted octanol–water partition coefficient (Wildman–Crippen LogP) is 4.01. The fourth-order valence-electron chi connectivity index (χ4n) is 3.42. The minimum absolute atomic E-state index is 0.0750. The van der Waals surface area contributed by atoms with Gasteiger partial charge in [0.2, 0.25) is 0 Å². The molecule has 1 N–H and O–H groups in total. The van der Waals surface area contributed by atoms with Gasteiger partial charge in [0.05, 0.1) is 18.7 Å². The van der Waals surface area contributed by atoms with Crippen molar-refractivity contribution in [2.75, 3.05) is 11.9 Å². The quantitative estimate of drug-likeness (QED) is 0.453. The van der Waals surface area contributed by atoms with E-state index >= 15 is 0 Å². The van der Waals surface area contributed by atoms with Crippen LogP contribution in [0.1, 0.15) is 33.2 Å². The lowest BCUT2D eigenvalue weighted by Gasteiger charge is -2.13. The average Bonchev–Trinajstić information content (AvgIpc) is 2.82. The Labute approximate surface area is 188 Å². The summed E-state index contributed by atoms with van der Waals surface area (Å²) in [4.78, 5) is 42.2. The molecule has 0 bridgehead atoms. The topological polar surface area (TPSA) is 90.3 Å². The molecule has 4 rings (SSSR count). The Balaban J connectivity index is 1.68. The number of benzene rings is 2. The largest absolute Gasteiger partial charge is 0.462 e. The van der Waals surface area contributed by atoms with Gasteiger partial charge >= 0.3 is 5.97 Å². The Morgan fingerprint density at radius 2 is 1.82 bits per heavy atom. The highest BCUT2D eigenvalue weighted by Gasteiger charge is 2.18. The highest BCUT2D eigenvalue weighted by atomic mass is 19.1. The van der Waals surface area contributed by atoms with E-state index in [0.717, 1.165) is 0 Å². The first-order valence-electron chi connectivity index (χ1n) is 10.3. The van der Waals surface area contributed by atoms with Gasteiger partial charge in [0.15, 0.2) is 0 Å². The molecule has 0 aliphatic heterocycles. The number of hydrogen-bond donors (Lipinski definition) is 1. The summed E-state index contributed by atoms with van der Waals surface area (Å²) in [5, 5.41) is 3.23. The summed E-state index contributed by atoms with van der Waals surface area (Å²) in [7, 11) is 0. The molecule has 0 radical (unpaired) electrons. The second-order valence-corrected chi connectivity index (χ2v) is 7.21. The number of hydrogen-bond acceptors (Lipinski definition) is 5. The number of nitrogens with zero attached hydrogens (tertiary/aromatic N) is 2. The third kappa shape index (κ3) is 4.64. The lowest BCUT2D eigenvalue weighted by atomic mass is 10.1. The van der Waals surface area contributed by atoms with Crippen LogP contribution in [0.15, 0.2) is 77.7 Å². The number of halogens is 1. The fourth-order valence-corrected chi connectivity index (χ4v) is 3.42. The van der Waals surface area contributed by atoms with Crippen molar-refractivity contribution in [3.8, 4) is 0 Å². The smallest absolute Gasteiger partial charge is 0.338 e. The minimum atomic E-state index is -0.628. The number of esters is 1. The zero-order valence-electron chi connectivity index (χ0n) is 17.7. The number of aromatic nitrogens is 2. The minimum Gasteiger partial charge on any atom is -0.462 e. The molecule has 0 saturated carbocycles. The van der Waals surface area contributed by atoms with Gasteiger partial charge < -0.3 is 10.1 Å². The number of ether oxygens (including phenoxy) is 1. The number of fused-ring (bicyclic) bond motifs is 1. The van der Waals surface area contributed by atoms with E-state index in [1.165, 1.54) is 35.0 Å². The summed E-state index contributed by atoms with van der Waals surface area (Å²) in [6.45, 7) is 1.90. The second kappa shape index (κ2) is 9.44. The Morgan fingerprint density at radius 1 is 1.06 bits per heavy atom. The number of nitrogens with one attached hydrogen (secondary N) is 1. The third-order valence-electron chi connectivity index (χ3n) is 5.03. The highest BCUT2D eigenvalue weighted by molar-refractivity contribution is 6.05. The van der Waals surface area contributed by atoms with Gasteiger partial charge in [-0.3, -0.25) is 14.2 Å².